The fourth-order valence-corrected chi connectivity index (χ4v) is 2.11. The first-order valence-corrected chi connectivity index (χ1v) is 6.86. The minimum absolute atomic E-state index is 0.266. The second-order valence-corrected chi connectivity index (χ2v) is 5.93. The summed E-state index contributed by atoms with van der Waals surface area (Å²) in [7, 11) is 2.10. The van der Waals surface area contributed by atoms with Gasteiger partial charge in [0.2, 0.25) is 0 Å². The van der Waals surface area contributed by atoms with Gasteiger partial charge in [0.1, 0.15) is 0 Å². The van der Waals surface area contributed by atoms with Crippen LogP contribution in [-0.4, -0.2) is 30.2 Å². The number of hydrogen-bond acceptors (Lipinski definition) is 2. The smallest absolute Gasteiger partial charge is 0.0473 e. The number of aliphatic hydroxyl groups is 1. The van der Waals surface area contributed by atoms with Crippen LogP contribution in [0.5, 0.6) is 0 Å². The fraction of sp³-hybridized carbons (Fsp3) is 0.571. The van der Waals surface area contributed by atoms with Gasteiger partial charge in [-0.2, -0.15) is 0 Å². The summed E-state index contributed by atoms with van der Waals surface area (Å²) < 4.78 is 1.11. The molecule has 0 amide bonds. The van der Waals surface area contributed by atoms with Crippen molar-refractivity contribution in [2.24, 2.45) is 11.8 Å². The monoisotopic (exact) mass is 299 g/mol. The molecular formula is C14H22BrNO. The molecule has 17 heavy (non-hydrogen) atoms. The first kappa shape index (κ1) is 14.7. The summed E-state index contributed by atoms with van der Waals surface area (Å²) >= 11 is 3.44. The third kappa shape index (κ3) is 5.19. The number of halogens is 1. The SMILES string of the molecule is CC(C)C(CO)CN(C)Cc1ccc(Br)cc1. The Kier molecular flexibility index (Phi) is 6.17. The van der Waals surface area contributed by atoms with Gasteiger partial charge in [-0.3, -0.25) is 0 Å². The topological polar surface area (TPSA) is 23.5 Å². The second-order valence-electron chi connectivity index (χ2n) is 5.01. The van der Waals surface area contributed by atoms with Crippen LogP contribution in [0.1, 0.15) is 19.4 Å². The molecule has 0 saturated carbocycles. The molecule has 0 radical (unpaired) electrons. The molecule has 0 aliphatic carbocycles. The maximum absolute atomic E-state index is 9.31. The number of benzene rings is 1. The Bertz CT molecular complexity index is 323. The van der Waals surface area contributed by atoms with E-state index in [0.29, 0.717) is 11.8 Å². The number of hydrogen-bond donors (Lipinski definition) is 1. The summed E-state index contributed by atoms with van der Waals surface area (Å²) in [6.07, 6.45) is 0. The third-order valence-electron chi connectivity index (χ3n) is 3.09. The lowest BCUT2D eigenvalue weighted by atomic mass is 9.96. The molecule has 1 atom stereocenters. The van der Waals surface area contributed by atoms with Crippen LogP contribution in [0.3, 0.4) is 0 Å². The van der Waals surface area contributed by atoms with Gasteiger partial charge in [0, 0.05) is 24.2 Å². The van der Waals surface area contributed by atoms with Crippen LogP contribution in [0.4, 0.5) is 0 Å². The van der Waals surface area contributed by atoms with Crippen molar-refractivity contribution in [3.05, 3.63) is 34.3 Å². The minimum Gasteiger partial charge on any atom is -0.396 e. The molecule has 0 saturated heterocycles. The molecule has 1 aromatic rings. The zero-order valence-electron chi connectivity index (χ0n) is 10.9. The van der Waals surface area contributed by atoms with E-state index < -0.39 is 0 Å². The standard InChI is InChI=1S/C14H22BrNO/c1-11(2)13(10-17)9-16(3)8-12-4-6-14(15)7-5-12/h4-7,11,13,17H,8-10H2,1-3H3. The van der Waals surface area contributed by atoms with E-state index in [1.807, 2.05) is 0 Å². The Balaban J connectivity index is 2.48. The zero-order chi connectivity index (χ0) is 12.8. The molecule has 1 aromatic carbocycles. The van der Waals surface area contributed by atoms with E-state index in [0.717, 1.165) is 17.6 Å². The summed E-state index contributed by atoms with van der Waals surface area (Å²) in [6, 6.07) is 8.39. The normalized spacial score (nSPS) is 13.4. The lowest BCUT2D eigenvalue weighted by molar-refractivity contribution is 0.143. The molecule has 0 fully saturated rings. The average Bonchev–Trinajstić information content (AvgIpc) is 2.28. The van der Waals surface area contributed by atoms with E-state index in [1.54, 1.807) is 0 Å². The van der Waals surface area contributed by atoms with Gasteiger partial charge in [0.15, 0.2) is 0 Å². The van der Waals surface area contributed by atoms with Gasteiger partial charge in [0.05, 0.1) is 0 Å². The predicted octanol–water partition coefficient (Wildman–Crippen LogP) is 3.15. The highest BCUT2D eigenvalue weighted by molar-refractivity contribution is 9.10. The summed E-state index contributed by atoms with van der Waals surface area (Å²) in [5.41, 5.74) is 1.30. The van der Waals surface area contributed by atoms with E-state index in [2.05, 4.69) is 66.0 Å². The number of rotatable bonds is 6. The Morgan fingerprint density at radius 2 is 1.82 bits per heavy atom. The van der Waals surface area contributed by atoms with E-state index in [1.165, 1.54) is 5.56 Å². The van der Waals surface area contributed by atoms with Crippen LogP contribution in [-0.2, 0) is 6.54 Å². The minimum atomic E-state index is 0.266. The summed E-state index contributed by atoms with van der Waals surface area (Å²) in [4.78, 5) is 2.27. The van der Waals surface area contributed by atoms with Crippen molar-refractivity contribution in [3.63, 3.8) is 0 Å². The van der Waals surface area contributed by atoms with Gasteiger partial charge < -0.3 is 10.0 Å². The van der Waals surface area contributed by atoms with E-state index in [4.69, 9.17) is 0 Å². The Hall–Kier alpha value is -0.380. The van der Waals surface area contributed by atoms with Crippen molar-refractivity contribution in [2.45, 2.75) is 20.4 Å². The summed E-state index contributed by atoms with van der Waals surface area (Å²) in [5.74, 6) is 0.878. The van der Waals surface area contributed by atoms with Gasteiger partial charge in [-0.1, -0.05) is 41.9 Å². The van der Waals surface area contributed by atoms with Crippen LogP contribution >= 0.6 is 15.9 Å². The molecule has 0 aromatic heterocycles. The van der Waals surface area contributed by atoms with Crippen molar-refractivity contribution in [1.29, 1.82) is 0 Å². The number of aliphatic hydroxyl groups excluding tert-OH is 1. The van der Waals surface area contributed by atoms with Crippen molar-refractivity contribution >= 4 is 15.9 Å². The van der Waals surface area contributed by atoms with E-state index in [9.17, 15) is 5.11 Å². The van der Waals surface area contributed by atoms with Gasteiger partial charge in [-0.05, 0) is 36.6 Å². The van der Waals surface area contributed by atoms with Gasteiger partial charge in [-0.15, -0.1) is 0 Å². The molecule has 0 aliphatic rings. The van der Waals surface area contributed by atoms with Crippen molar-refractivity contribution in [2.75, 3.05) is 20.2 Å². The molecule has 0 heterocycles. The van der Waals surface area contributed by atoms with Gasteiger partial charge >= 0.3 is 0 Å². The Morgan fingerprint density at radius 3 is 2.29 bits per heavy atom. The van der Waals surface area contributed by atoms with Gasteiger partial charge in [-0.25, -0.2) is 0 Å². The molecule has 2 nitrogen and oxygen atoms in total. The van der Waals surface area contributed by atoms with Crippen LogP contribution < -0.4 is 0 Å². The summed E-state index contributed by atoms with van der Waals surface area (Å²) in [5, 5.41) is 9.31. The largest absolute Gasteiger partial charge is 0.396 e. The predicted molar refractivity (Wildman–Crippen MR) is 75.9 cm³/mol. The molecule has 96 valence electrons. The molecular weight excluding hydrogens is 278 g/mol. The lowest BCUT2D eigenvalue weighted by Gasteiger charge is -2.25. The Labute approximate surface area is 113 Å². The first-order valence-electron chi connectivity index (χ1n) is 6.06. The van der Waals surface area contributed by atoms with Crippen LogP contribution in [0.25, 0.3) is 0 Å². The average molecular weight is 300 g/mol. The molecule has 1 N–H and O–H groups in total. The van der Waals surface area contributed by atoms with E-state index >= 15 is 0 Å². The summed E-state index contributed by atoms with van der Waals surface area (Å²) in [6.45, 7) is 6.45. The van der Waals surface area contributed by atoms with E-state index in [-0.39, 0.29) is 6.61 Å². The lowest BCUT2D eigenvalue weighted by Crippen LogP contribution is -2.30. The molecule has 3 heteroatoms. The molecule has 0 spiro atoms. The van der Waals surface area contributed by atoms with Crippen LogP contribution in [0, 0.1) is 11.8 Å². The quantitative estimate of drug-likeness (QED) is 0.872. The first-order chi connectivity index (χ1) is 8.02. The highest BCUT2D eigenvalue weighted by atomic mass is 79.9. The van der Waals surface area contributed by atoms with Crippen LogP contribution in [0.15, 0.2) is 28.7 Å². The molecule has 1 unspecified atom stereocenters. The third-order valence-corrected chi connectivity index (χ3v) is 3.62. The highest BCUT2D eigenvalue weighted by Gasteiger charge is 2.14. The molecule has 0 bridgehead atoms. The van der Waals surface area contributed by atoms with Crippen molar-refractivity contribution in [1.82, 2.24) is 4.90 Å². The second kappa shape index (κ2) is 7.14. The van der Waals surface area contributed by atoms with Crippen molar-refractivity contribution < 1.29 is 5.11 Å². The fourth-order valence-electron chi connectivity index (χ4n) is 1.85. The maximum Gasteiger partial charge on any atom is 0.0473 e. The molecule has 0 aliphatic heterocycles. The molecule has 1 rings (SSSR count). The Morgan fingerprint density at radius 1 is 1.24 bits per heavy atom. The van der Waals surface area contributed by atoms with Crippen molar-refractivity contribution in [3.8, 4) is 0 Å². The van der Waals surface area contributed by atoms with Gasteiger partial charge in [0.25, 0.3) is 0 Å². The number of nitrogens with zero attached hydrogens (tertiary/aromatic N) is 1. The maximum atomic E-state index is 9.31. The zero-order valence-corrected chi connectivity index (χ0v) is 12.4. The van der Waals surface area contributed by atoms with Crippen LogP contribution in [0.2, 0.25) is 0 Å². The highest BCUT2D eigenvalue weighted by Crippen LogP contribution is 2.15.